The van der Waals surface area contributed by atoms with Crippen molar-refractivity contribution in [2.45, 2.75) is 19.3 Å². The number of urea groups is 1. The molecule has 2 saturated heterocycles. The van der Waals surface area contributed by atoms with E-state index in [0.29, 0.717) is 19.0 Å². The van der Waals surface area contributed by atoms with E-state index in [1.54, 1.807) is 19.0 Å². The van der Waals surface area contributed by atoms with Gasteiger partial charge in [0.05, 0.1) is 0 Å². The molecule has 2 heterocycles. The lowest BCUT2D eigenvalue weighted by Gasteiger charge is -2.35. The van der Waals surface area contributed by atoms with Crippen LogP contribution in [0.25, 0.3) is 0 Å². The molecule has 0 bridgehead atoms. The van der Waals surface area contributed by atoms with E-state index in [1.807, 2.05) is 22.9 Å². The Morgan fingerprint density at radius 3 is 2.30 bits per heavy atom. The molecule has 0 spiro atoms. The summed E-state index contributed by atoms with van der Waals surface area (Å²) in [7, 11) is 5.48. The number of hydrogen-bond acceptors (Lipinski definition) is 3. The second-order valence-corrected chi connectivity index (χ2v) is 8.09. The summed E-state index contributed by atoms with van der Waals surface area (Å²) in [6.07, 6.45) is 2.66. The van der Waals surface area contributed by atoms with Gasteiger partial charge in [-0.3, -0.25) is 4.79 Å². The van der Waals surface area contributed by atoms with E-state index >= 15 is 0 Å². The molecule has 1 atom stereocenters. The molecule has 6 heteroatoms. The normalized spacial score (nSPS) is 20.6. The Kier molecular flexibility index (Phi) is 6.24. The van der Waals surface area contributed by atoms with Crippen molar-refractivity contribution >= 4 is 17.6 Å². The number of anilines is 1. The van der Waals surface area contributed by atoms with Crippen LogP contribution in [0.5, 0.6) is 0 Å². The first kappa shape index (κ1) is 19.5. The Hall–Kier alpha value is -2.24. The lowest BCUT2D eigenvalue weighted by Crippen LogP contribution is -2.47. The largest absolute Gasteiger partial charge is 0.371 e. The van der Waals surface area contributed by atoms with Gasteiger partial charge in [-0.05, 0) is 37.3 Å². The molecule has 0 aliphatic carbocycles. The predicted molar refractivity (Wildman–Crippen MR) is 108 cm³/mol. The molecule has 1 aromatic rings. The Morgan fingerprint density at radius 2 is 1.67 bits per heavy atom. The summed E-state index contributed by atoms with van der Waals surface area (Å²) in [4.78, 5) is 32.7. The predicted octanol–water partition coefficient (Wildman–Crippen LogP) is 2.36. The van der Waals surface area contributed by atoms with Gasteiger partial charge in [0, 0.05) is 65.5 Å². The minimum Gasteiger partial charge on any atom is -0.371 e. The van der Waals surface area contributed by atoms with Crippen LogP contribution in [0.2, 0.25) is 0 Å². The highest BCUT2D eigenvalue weighted by molar-refractivity contribution is 5.79. The number of benzene rings is 1. The number of piperidine rings is 1. The third-order valence-corrected chi connectivity index (χ3v) is 5.81. The smallest absolute Gasteiger partial charge is 0.319 e. The Labute approximate surface area is 162 Å². The molecule has 148 valence electrons. The average Bonchev–Trinajstić information content (AvgIpc) is 3.16. The molecule has 2 aliphatic heterocycles. The first-order valence-corrected chi connectivity index (χ1v) is 9.97. The van der Waals surface area contributed by atoms with Crippen molar-refractivity contribution in [3.8, 4) is 0 Å². The Bertz CT molecular complexity index is 641. The summed E-state index contributed by atoms with van der Waals surface area (Å²) in [5.74, 6) is 0.813. The highest BCUT2D eigenvalue weighted by Gasteiger charge is 2.31. The van der Waals surface area contributed by atoms with E-state index in [9.17, 15) is 9.59 Å². The van der Waals surface area contributed by atoms with E-state index in [0.717, 1.165) is 38.9 Å². The van der Waals surface area contributed by atoms with Crippen LogP contribution in [0.1, 0.15) is 19.3 Å². The molecule has 1 aromatic carbocycles. The number of rotatable bonds is 4. The molecule has 0 radical (unpaired) electrons. The number of para-hydroxylation sites is 1. The lowest BCUT2D eigenvalue weighted by molar-refractivity contribution is -0.136. The quantitative estimate of drug-likeness (QED) is 0.815. The Morgan fingerprint density at radius 1 is 1.00 bits per heavy atom. The molecular formula is C21H32N4O2. The van der Waals surface area contributed by atoms with Crippen molar-refractivity contribution in [2.75, 3.05) is 58.8 Å². The summed E-state index contributed by atoms with van der Waals surface area (Å²) >= 11 is 0. The fourth-order valence-corrected chi connectivity index (χ4v) is 4.24. The molecule has 2 fully saturated rings. The number of carbonyl (C=O) groups excluding carboxylic acids is 2. The standard InChI is InChI=1S/C21H32N4O2/c1-22(2)21(27)24-13-10-18(11-14-24)20(26)23(3)15-17-9-12-25(16-17)19-7-5-4-6-8-19/h4-8,17-18H,9-16H2,1-3H3/t17-/m0/s1. The van der Waals surface area contributed by atoms with Crippen LogP contribution in [0.4, 0.5) is 10.5 Å². The maximum absolute atomic E-state index is 12.8. The summed E-state index contributed by atoms with van der Waals surface area (Å²) in [6, 6.07) is 10.5. The van der Waals surface area contributed by atoms with E-state index in [2.05, 4.69) is 29.2 Å². The molecule has 0 N–H and O–H groups in total. The summed E-state index contributed by atoms with van der Waals surface area (Å²) in [5.41, 5.74) is 1.27. The van der Waals surface area contributed by atoms with Gasteiger partial charge in [0.25, 0.3) is 0 Å². The number of nitrogens with zero attached hydrogens (tertiary/aromatic N) is 4. The number of amides is 3. The van der Waals surface area contributed by atoms with Gasteiger partial charge >= 0.3 is 6.03 Å². The van der Waals surface area contributed by atoms with Crippen molar-refractivity contribution in [1.29, 1.82) is 0 Å². The van der Waals surface area contributed by atoms with Crippen molar-refractivity contribution < 1.29 is 9.59 Å². The van der Waals surface area contributed by atoms with E-state index in [4.69, 9.17) is 0 Å². The zero-order valence-corrected chi connectivity index (χ0v) is 16.8. The van der Waals surface area contributed by atoms with Crippen molar-refractivity contribution in [1.82, 2.24) is 14.7 Å². The lowest BCUT2D eigenvalue weighted by atomic mass is 9.95. The van der Waals surface area contributed by atoms with Crippen LogP contribution >= 0.6 is 0 Å². The minimum atomic E-state index is 0.0428. The van der Waals surface area contributed by atoms with Gasteiger partial charge in [-0.15, -0.1) is 0 Å². The first-order chi connectivity index (χ1) is 13.0. The zero-order chi connectivity index (χ0) is 19.4. The topological polar surface area (TPSA) is 47.1 Å². The zero-order valence-electron chi connectivity index (χ0n) is 16.8. The van der Waals surface area contributed by atoms with Gasteiger partial charge in [-0.2, -0.15) is 0 Å². The summed E-state index contributed by atoms with van der Waals surface area (Å²) in [5, 5.41) is 0. The maximum atomic E-state index is 12.8. The fraction of sp³-hybridized carbons (Fsp3) is 0.619. The second-order valence-electron chi connectivity index (χ2n) is 8.09. The minimum absolute atomic E-state index is 0.0428. The molecule has 2 aliphatic rings. The van der Waals surface area contributed by atoms with Crippen LogP contribution in [-0.4, -0.2) is 80.5 Å². The van der Waals surface area contributed by atoms with Crippen LogP contribution < -0.4 is 4.90 Å². The number of hydrogen-bond donors (Lipinski definition) is 0. The number of likely N-dealkylation sites (tertiary alicyclic amines) is 1. The van der Waals surface area contributed by atoms with E-state index < -0.39 is 0 Å². The van der Waals surface area contributed by atoms with E-state index in [1.165, 1.54) is 5.69 Å². The molecule has 0 saturated carbocycles. The average molecular weight is 373 g/mol. The van der Waals surface area contributed by atoms with E-state index in [-0.39, 0.29) is 17.9 Å². The third kappa shape index (κ3) is 4.73. The van der Waals surface area contributed by atoms with Gasteiger partial charge in [-0.1, -0.05) is 18.2 Å². The first-order valence-electron chi connectivity index (χ1n) is 9.97. The summed E-state index contributed by atoms with van der Waals surface area (Å²) < 4.78 is 0. The molecule has 6 nitrogen and oxygen atoms in total. The second kappa shape index (κ2) is 8.63. The molecular weight excluding hydrogens is 340 g/mol. The maximum Gasteiger partial charge on any atom is 0.319 e. The van der Waals surface area contributed by atoms with Crippen LogP contribution in [0.3, 0.4) is 0 Å². The van der Waals surface area contributed by atoms with Crippen LogP contribution in [0.15, 0.2) is 30.3 Å². The highest BCUT2D eigenvalue weighted by atomic mass is 16.2. The van der Waals surface area contributed by atoms with Crippen LogP contribution in [-0.2, 0) is 4.79 Å². The molecule has 3 amide bonds. The fourth-order valence-electron chi connectivity index (χ4n) is 4.24. The van der Waals surface area contributed by atoms with Gasteiger partial charge in [-0.25, -0.2) is 4.79 Å². The third-order valence-electron chi connectivity index (χ3n) is 5.81. The number of carbonyl (C=O) groups is 2. The van der Waals surface area contributed by atoms with Crippen molar-refractivity contribution in [3.05, 3.63) is 30.3 Å². The van der Waals surface area contributed by atoms with Crippen molar-refractivity contribution in [3.63, 3.8) is 0 Å². The van der Waals surface area contributed by atoms with Crippen LogP contribution in [0, 0.1) is 11.8 Å². The molecule has 27 heavy (non-hydrogen) atoms. The highest BCUT2D eigenvalue weighted by Crippen LogP contribution is 2.25. The molecule has 0 aromatic heterocycles. The van der Waals surface area contributed by atoms with Gasteiger partial charge in [0.1, 0.15) is 0 Å². The van der Waals surface area contributed by atoms with Gasteiger partial charge in [0.15, 0.2) is 0 Å². The summed E-state index contributed by atoms with van der Waals surface area (Å²) in [6.45, 7) is 4.23. The van der Waals surface area contributed by atoms with Crippen molar-refractivity contribution in [2.24, 2.45) is 11.8 Å². The van der Waals surface area contributed by atoms with Gasteiger partial charge < -0.3 is 19.6 Å². The molecule has 3 rings (SSSR count). The SMILES string of the molecule is CN(C)C(=O)N1CCC(C(=O)N(C)C[C@@H]2CCN(c3ccccc3)C2)CC1. The molecule has 0 unspecified atom stereocenters. The van der Waals surface area contributed by atoms with Gasteiger partial charge in [0.2, 0.25) is 5.91 Å². The monoisotopic (exact) mass is 372 g/mol. The Balaban J connectivity index is 1.46.